The highest BCUT2D eigenvalue weighted by Crippen LogP contribution is 2.18. The van der Waals surface area contributed by atoms with Crippen molar-refractivity contribution < 1.29 is 14.6 Å². The fraction of sp³-hybridized carbons (Fsp3) is 0.417. The number of carbonyl (C=O) groups is 1. The predicted octanol–water partition coefficient (Wildman–Crippen LogP) is 0.795. The zero-order valence-electron chi connectivity index (χ0n) is 10.1. The van der Waals surface area contributed by atoms with E-state index in [2.05, 4.69) is 10.6 Å². The van der Waals surface area contributed by atoms with Crippen LogP contribution in [0.25, 0.3) is 0 Å². The summed E-state index contributed by atoms with van der Waals surface area (Å²) in [5.74, 6) is 0.832. The molecule has 0 fully saturated rings. The predicted molar refractivity (Wildman–Crippen MR) is 65.1 cm³/mol. The number of nitrogens with one attached hydrogen (secondary N) is 2. The van der Waals surface area contributed by atoms with Crippen LogP contribution < -0.4 is 15.4 Å². The third-order valence-corrected chi connectivity index (χ3v) is 2.31. The number of benzene rings is 1. The maximum absolute atomic E-state index is 11.2. The minimum absolute atomic E-state index is 0.0605. The molecule has 0 aliphatic carbocycles. The SMILES string of the molecule is COc1ccc(CNC(=O)NCCO)cc1C. The molecule has 0 unspecified atom stereocenters. The molecule has 0 aliphatic heterocycles. The Balaban J connectivity index is 2.47. The molecule has 17 heavy (non-hydrogen) atoms. The summed E-state index contributed by atoms with van der Waals surface area (Å²) < 4.78 is 5.15. The van der Waals surface area contributed by atoms with Gasteiger partial charge in [0.1, 0.15) is 5.75 Å². The number of carbonyl (C=O) groups excluding carboxylic acids is 1. The molecule has 0 aliphatic rings. The van der Waals surface area contributed by atoms with Crippen LogP contribution in [0.2, 0.25) is 0 Å². The van der Waals surface area contributed by atoms with Crippen molar-refractivity contribution in [3.8, 4) is 5.75 Å². The van der Waals surface area contributed by atoms with Gasteiger partial charge in [0.2, 0.25) is 0 Å². The zero-order valence-corrected chi connectivity index (χ0v) is 10.1. The summed E-state index contributed by atoms with van der Waals surface area (Å²) in [4.78, 5) is 11.2. The van der Waals surface area contributed by atoms with Gasteiger partial charge in [-0.25, -0.2) is 4.79 Å². The number of ether oxygens (including phenoxy) is 1. The van der Waals surface area contributed by atoms with E-state index in [1.54, 1.807) is 7.11 Å². The standard InChI is InChI=1S/C12H18N2O3/c1-9-7-10(3-4-11(9)17-2)8-14-12(16)13-5-6-15/h3-4,7,15H,5-6,8H2,1-2H3,(H2,13,14,16). The minimum atomic E-state index is -0.285. The van der Waals surface area contributed by atoms with Crippen LogP contribution in [0.3, 0.4) is 0 Å². The number of rotatable bonds is 5. The summed E-state index contributed by atoms with van der Waals surface area (Å²) in [6.45, 7) is 2.60. The van der Waals surface area contributed by atoms with Gasteiger partial charge in [-0.3, -0.25) is 0 Å². The van der Waals surface area contributed by atoms with E-state index in [0.29, 0.717) is 6.54 Å². The average molecular weight is 238 g/mol. The number of urea groups is 1. The van der Waals surface area contributed by atoms with Gasteiger partial charge in [0.05, 0.1) is 13.7 Å². The Labute approximate surface area is 101 Å². The lowest BCUT2D eigenvalue weighted by Crippen LogP contribution is -2.36. The molecule has 0 spiro atoms. The van der Waals surface area contributed by atoms with E-state index in [4.69, 9.17) is 9.84 Å². The molecular weight excluding hydrogens is 220 g/mol. The molecule has 1 aromatic carbocycles. The smallest absolute Gasteiger partial charge is 0.315 e. The maximum atomic E-state index is 11.2. The van der Waals surface area contributed by atoms with Crippen LogP contribution in [0.4, 0.5) is 4.79 Å². The van der Waals surface area contributed by atoms with Crippen molar-refractivity contribution in [1.29, 1.82) is 0 Å². The van der Waals surface area contributed by atoms with E-state index in [1.807, 2.05) is 25.1 Å². The van der Waals surface area contributed by atoms with Crippen LogP contribution >= 0.6 is 0 Å². The highest BCUT2D eigenvalue weighted by Gasteiger charge is 2.02. The van der Waals surface area contributed by atoms with Gasteiger partial charge in [0.15, 0.2) is 0 Å². The lowest BCUT2D eigenvalue weighted by molar-refractivity contribution is 0.234. The second-order valence-electron chi connectivity index (χ2n) is 3.64. The Morgan fingerprint density at radius 1 is 1.41 bits per heavy atom. The van der Waals surface area contributed by atoms with Gasteiger partial charge >= 0.3 is 6.03 Å². The number of aliphatic hydroxyl groups is 1. The summed E-state index contributed by atoms with van der Waals surface area (Å²) >= 11 is 0. The first-order valence-corrected chi connectivity index (χ1v) is 5.43. The zero-order chi connectivity index (χ0) is 12.7. The molecule has 94 valence electrons. The number of aryl methyl sites for hydroxylation is 1. The molecule has 0 saturated heterocycles. The lowest BCUT2D eigenvalue weighted by atomic mass is 10.1. The van der Waals surface area contributed by atoms with E-state index in [0.717, 1.165) is 16.9 Å². The molecule has 0 radical (unpaired) electrons. The first-order chi connectivity index (χ1) is 8.17. The molecule has 0 heterocycles. The third-order valence-electron chi connectivity index (χ3n) is 2.31. The Kier molecular flexibility index (Phi) is 5.29. The van der Waals surface area contributed by atoms with E-state index >= 15 is 0 Å². The average Bonchev–Trinajstić information content (AvgIpc) is 2.34. The Bertz CT molecular complexity index is 380. The van der Waals surface area contributed by atoms with Crippen LogP contribution in [-0.2, 0) is 6.54 Å². The van der Waals surface area contributed by atoms with Crippen LogP contribution in [0.5, 0.6) is 5.75 Å². The molecule has 0 bridgehead atoms. The van der Waals surface area contributed by atoms with E-state index < -0.39 is 0 Å². The highest BCUT2D eigenvalue weighted by atomic mass is 16.5. The fourth-order valence-electron chi connectivity index (χ4n) is 1.46. The number of aliphatic hydroxyl groups excluding tert-OH is 1. The number of amides is 2. The molecule has 0 atom stereocenters. The molecule has 0 saturated carbocycles. The molecule has 5 heteroatoms. The van der Waals surface area contributed by atoms with Gasteiger partial charge in [-0.05, 0) is 24.1 Å². The van der Waals surface area contributed by atoms with Crippen molar-refractivity contribution in [2.24, 2.45) is 0 Å². The van der Waals surface area contributed by atoms with E-state index in [9.17, 15) is 4.79 Å². The molecular formula is C12H18N2O3. The maximum Gasteiger partial charge on any atom is 0.315 e. The van der Waals surface area contributed by atoms with Crippen molar-refractivity contribution in [2.75, 3.05) is 20.3 Å². The fourth-order valence-corrected chi connectivity index (χ4v) is 1.46. The van der Waals surface area contributed by atoms with Gasteiger partial charge in [0.25, 0.3) is 0 Å². The first-order valence-electron chi connectivity index (χ1n) is 5.43. The number of hydrogen-bond acceptors (Lipinski definition) is 3. The van der Waals surface area contributed by atoms with E-state index in [1.165, 1.54) is 0 Å². The van der Waals surface area contributed by atoms with E-state index in [-0.39, 0.29) is 19.2 Å². The topological polar surface area (TPSA) is 70.6 Å². The number of methoxy groups -OCH3 is 1. The molecule has 1 aromatic rings. The van der Waals surface area contributed by atoms with Crippen LogP contribution in [-0.4, -0.2) is 31.4 Å². The molecule has 1 rings (SSSR count). The van der Waals surface area contributed by atoms with Crippen molar-refractivity contribution in [2.45, 2.75) is 13.5 Å². The van der Waals surface area contributed by atoms with Crippen LogP contribution in [0.1, 0.15) is 11.1 Å². The highest BCUT2D eigenvalue weighted by molar-refractivity contribution is 5.73. The lowest BCUT2D eigenvalue weighted by Gasteiger charge is -2.09. The molecule has 5 nitrogen and oxygen atoms in total. The Morgan fingerprint density at radius 3 is 2.76 bits per heavy atom. The minimum Gasteiger partial charge on any atom is -0.496 e. The Hall–Kier alpha value is -1.75. The normalized spacial score (nSPS) is 9.82. The summed E-state index contributed by atoms with van der Waals surface area (Å²) in [5, 5.41) is 13.7. The molecule has 2 amide bonds. The summed E-state index contributed by atoms with van der Waals surface area (Å²) in [6.07, 6.45) is 0. The van der Waals surface area contributed by atoms with Crippen LogP contribution in [0.15, 0.2) is 18.2 Å². The van der Waals surface area contributed by atoms with Crippen molar-refractivity contribution in [1.82, 2.24) is 10.6 Å². The van der Waals surface area contributed by atoms with Gasteiger partial charge < -0.3 is 20.5 Å². The summed E-state index contributed by atoms with van der Waals surface area (Å²) in [6, 6.07) is 5.45. The van der Waals surface area contributed by atoms with Crippen molar-refractivity contribution in [3.05, 3.63) is 29.3 Å². The summed E-state index contributed by atoms with van der Waals surface area (Å²) in [7, 11) is 1.63. The third kappa shape index (κ3) is 4.32. The molecule has 3 N–H and O–H groups in total. The second kappa shape index (κ2) is 6.75. The van der Waals surface area contributed by atoms with Gasteiger partial charge in [-0.1, -0.05) is 12.1 Å². The largest absolute Gasteiger partial charge is 0.496 e. The first kappa shape index (κ1) is 13.3. The van der Waals surface area contributed by atoms with Gasteiger partial charge in [-0.15, -0.1) is 0 Å². The van der Waals surface area contributed by atoms with Crippen LogP contribution in [0, 0.1) is 6.92 Å². The second-order valence-corrected chi connectivity index (χ2v) is 3.64. The van der Waals surface area contributed by atoms with Gasteiger partial charge in [-0.2, -0.15) is 0 Å². The number of hydrogen-bond donors (Lipinski definition) is 3. The molecule has 0 aromatic heterocycles. The quantitative estimate of drug-likeness (QED) is 0.710. The van der Waals surface area contributed by atoms with Gasteiger partial charge in [0, 0.05) is 13.1 Å². The monoisotopic (exact) mass is 238 g/mol. The van der Waals surface area contributed by atoms with Crippen molar-refractivity contribution >= 4 is 6.03 Å². The summed E-state index contributed by atoms with van der Waals surface area (Å²) in [5.41, 5.74) is 2.03. The van der Waals surface area contributed by atoms with Crippen molar-refractivity contribution in [3.63, 3.8) is 0 Å². The Morgan fingerprint density at radius 2 is 2.18 bits per heavy atom.